The summed E-state index contributed by atoms with van der Waals surface area (Å²) in [5.74, 6) is 1.75. The Bertz CT molecular complexity index is 450. The second-order valence-corrected chi connectivity index (χ2v) is 6.72. The molecule has 2 aliphatic heterocycles. The number of benzene rings is 1. The number of hydrogen-bond acceptors (Lipinski definition) is 2. The highest BCUT2D eigenvalue weighted by Crippen LogP contribution is 2.34. The zero-order valence-electron chi connectivity index (χ0n) is 11.7. The van der Waals surface area contributed by atoms with E-state index in [1.165, 1.54) is 31.6 Å². The van der Waals surface area contributed by atoms with E-state index in [9.17, 15) is 0 Å². The monoisotopic (exact) mass is 334 g/mol. The maximum Gasteiger partial charge on any atom is 0.0612 e. The largest absolute Gasteiger partial charge is 0.371 e. The van der Waals surface area contributed by atoms with Crippen molar-refractivity contribution in [2.24, 2.45) is 11.8 Å². The van der Waals surface area contributed by atoms with Crippen molar-refractivity contribution in [3.63, 3.8) is 0 Å². The zero-order valence-corrected chi connectivity index (χ0v) is 14.0. The maximum atomic E-state index is 6.12. The van der Waals surface area contributed by atoms with Gasteiger partial charge in [0.2, 0.25) is 0 Å². The first-order valence-electron chi connectivity index (χ1n) is 7.02. The summed E-state index contributed by atoms with van der Waals surface area (Å²) < 4.78 is 0. The molecular weight excluding hydrogens is 315 g/mol. The Morgan fingerprint density at radius 3 is 2.15 bits per heavy atom. The molecule has 0 N–H and O–H groups in total. The molecule has 0 aliphatic carbocycles. The van der Waals surface area contributed by atoms with Crippen molar-refractivity contribution in [1.29, 1.82) is 0 Å². The third kappa shape index (κ3) is 3.36. The molecule has 2 nitrogen and oxygen atoms in total. The van der Waals surface area contributed by atoms with Gasteiger partial charge in [-0.3, -0.25) is 0 Å². The predicted molar refractivity (Wildman–Crippen MR) is 89.6 cm³/mol. The van der Waals surface area contributed by atoms with Crippen LogP contribution >= 0.6 is 35.6 Å². The van der Waals surface area contributed by atoms with Crippen LogP contribution in [0.5, 0.6) is 0 Å². The molecule has 112 valence electrons. The topological polar surface area (TPSA) is 6.48 Å². The lowest BCUT2D eigenvalue weighted by Crippen LogP contribution is -2.26. The molecule has 2 fully saturated rings. The molecule has 0 bridgehead atoms. The number of likely N-dealkylation sites (tertiary alicyclic amines) is 1. The van der Waals surface area contributed by atoms with Gasteiger partial charge in [-0.2, -0.15) is 0 Å². The summed E-state index contributed by atoms with van der Waals surface area (Å²) in [6.07, 6.45) is 2.57. The Labute approximate surface area is 137 Å². The van der Waals surface area contributed by atoms with Crippen molar-refractivity contribution in [1.82, 2.24) is 4.90 Å². The highest BCUT2D eigenvalue weighted by molar-refractivity contribution is 6.42. The fourth-order valence-electron chi connectivity index (χ4n) is 3.52. The van der Waals surface area contributed by atoms with Gasteiger partial charge in [0, 0.05) is 31.9 Å². The molecule has 3 rings (SSSR count). The first-order chi connectivity index (χ1) is 9.13. The highest BCUT2D eigenvalue weighted by atomic mass is 35.5. The smallest absolute Gasteiger partial charge is 0.0612 e. The van der Waals surface area contributed by atoms with Crippen LogP contribution in [0.15, 0.2) is 18.2 Å². The van der Waals surface area contributed by atoms with Crippen LogP contribution in [0.2, 0.25) is 10.0 Å². The van der Waals surface area contributed by atoms with Crippen LogP contribution in [0, 0.1) is 11.8 Å². The van der Waals surface area contributed by atoms with E-state index >= 15 is 0 Å². The van der Waals surface area contributed by atoms with E-state index in [0.29, 0.717) is 10.0 Å². The molecule has 1 aromatic rings. The standard InChI is InChI=1S/C15H20Cl2N2.ClH/c1-18-9-11-4-6-19(7-5-12(11)10-18)13-2-3-14(16)15(17)8-13;/h2-3,8,11-12H,4-7,9-10H2,1H3;1H. The van der Waals surface area contributed by atoms with Crippen LogP contribution in [0.4, 0.5) is 5.69 Å². The lowest BCUT2D eigenvalue weighted by molar-refractivity contribution is 0.387. The SMILES string of the molecule is CN1CC2CCN(c3ccc(Cl)c(Cl)c3)CCC2C1.Cl. The van der Waals surface area contributed by atoms with Crippen molar-refractivity contribution >= 4 is 41.3 Å². The second-order valence-electron chi connectivity index (χ2n) is 5.90. The molecule has 20 heavy (non-hydrogen) atoms. The lowest BCUT2D eigenvalue weighted by Gasteiger charge is -2.24. The summed E-state index contributed by atoms with van der Waals surface area (Å²) in [5, 5.41) is 1.29. The van der Waals surface area contributed by atoms with Crippen molar-refractivity contribution in [2.45, 2.75) is 12.8 Å². The Hall–Kier alpha value is -0.150. The van der Waals surface area contributed by atoms with E-state index in [-0.39, 0.29) is 12.4 Å². The number of hydrogen-bond donors (Lipinski definition) is 0. The van der Waals surface area contributed by atoms with Gasteiger partial charge in [0.25, 0.3) is 0 Å². The normalized spacial score (nSPS) is 26.9. The van der Waals surface area contributed by atoms with E-state index < -0.39 is 0 Å². The van der Waals surface area contributed by atoms with Crippen molar-refractivity contribution in [3.05, 3.63) is 28.2 Å². The Kier molecular flexibility index (Phi) is 5.47. The summed E-state index contributed by atoms with van der Waals surface area (Å²) >= 11 is 12.1. The van der Waals surface area contributed by atoms with Gasteiger partial charge in [-0.15, -0.1) is 12.4 Å². The molecule has 2 aliphatic rings. The molecule has 0 saturated carbocycles. The Balaban J connectivity index is 0.00000147. The number of rotatable bonds is 1. The van der Waals surface area contributed by atoms with Gasteiger partial charge >= 0.3 is 0 Å². The van der Waals surface area contributed by atoms with E-state index in [1.54, 1.807) is 0 Å². The van der Waals surface area contributed by atoms with Gasteiger partial charge in [-0.1, -0.05) is 23.2 Å². The lowest BCUT2D eigenvalue weighted by atomic mass is 9.92. The van der Waals surface area contributed by atoms with Gasteiger partial charge in [0.1, 0.15) is 0 Å². The van der Waals surface area contributed by atoms with E-state index in [1.807, 2.05) is 12.1 Å². The number of fused-ring (bicyclic) bond motifs is 1. The predicted octanol–water partition coefficient (Wildman–Crippen LogP) is 4.19. The minimum atomic E-state index is 0. The summed E-state index contributed by atoms with van der Waals surface area (Å²) in [4.78, 5) is 4.94. The van der Waals surface area contributed by atoms with Crippen LogP contribution in [0.1, 0.15) is 12.8 Å². The molecule has 2 atom stereocenters. The van der Waals surface area contributed by atoms with Crippen LogP contribution in [-0.4, -0.2) is 38.1 Å². The average molecular weight is 336 g/mol. The summed E-state index contributed by atoms with van der Waals surface area (Å²) in [7, 11) is 2.24. The average Bonchev–Trinajstić information content (AvgIpc) is 2.62. The minimum absolute atomic E-state index is 0. The van der Waals surface area contributed by atoms with Gasteiger partial charge < -0.3 is 9.80 Å². The summed E-state index contributed by atoms with van der Waals surface area (Å²) in [6.45, 7) is 4.79. The van der Waals surface area contributed by atoms with E-state index in [2.05, 4.69) is 22.9 Å². The fourth-order valence-corrected chi connectivity index (χ4v) is 3.81. The summed E-state index contributed by atoms with van der Waals surface area (Å²) in [5.41, 5.74) is 1.21. The molecule has 0 spiro atoms. The molecule has 0 amide bonds. The van der Waals surface area contributed by atoms with E-state index in [4.69, 9.17) is 23.2 Å². The van der Waals surface area contributed by atoms with Gasteiger partial charge in [-0.25, -0.2) is 0 Å². The molecule has 0 radical (unpaired) electrons. The van der Waals surface area contributed by atoms with Gasteiger partial charge in [-0.05, 0) is 49.9 Å². The first-order valence-corrected chi connectivity index (χ1v) is 7.77. The van der Waals surface area contributed by atoms with Crippen LogP contribution in [-0.2, 0) is 0 Å². The highest BCUT2D eigenvalue weighted by Gasteiger charge is 2.33. The van der Waals surface area contributed by atoms with Crippen LogP contribution < -0.4 is 4.90 Å². The fraction of sp³-hybridized carbons (Fsp3) is 0.600. The van der Waals surface area contributed by atoms with Crippen molar-refractivity contribution in [2.75, 3.05) is 38.1 Å². The first kappa shape index (κ1) is 16.2. The molecule has 2 saturated heterocycles. The molecule has 2 heterocycles. The minimum Gasteiger partial charge on any atom is -0.371 e. The van der Waals surface area contributed by atoms with Crippen LogP contribution in [0.3, 0.4) is 0 Å². The number of halogens is 3. The quantitative estimate of drug-likeness (QED) is 0.759. The van der Waals surface area contributed by atoms with Crippen molar-refractivity contribution in [3.8, 4) is 0 Å². The molecule has 2 unspecified atom stereocenters. The molecular formula is C15H21Cl3N2. The Morgan fingerprint density at radius 2 is 1.60 bits per heavy atom. The molecule has 0 aromatic heterocycles. The molecule has 5 heteroatoms. The zero-order chi connectivity index (χ0) is 13.4. The number of nitrogens with zero attached hydrogens (tertiary/aromatic N) is 2. The van der Waals surface area contributed by atoms with Crippen LogP contribution in [0.25, 0.3) is 0 Å². The third-order valence-corrected chi connectivity index (χ3v) is 5.31. The molecule has 1 aromatic carbocycles. The summed E-state index contributed by atoms with van der Waals surface area (Å²) in [6, 6.07) is 5.98. The second kappa shape index (κ2) is 6.74. The van der Waals surface area contributed by atoms with Gasteiger partial charge in [0.05, 0.1) is 10.0 Å². The number of anilines is 1. The van der Waals surface area contributed by atoms with Crippen molar-refractivity contribution < 1.29 is 0 Å². The Morgan fingerprint density at radius 1 is 1.00 bits per heavy atom. The van der Waals surface area contributed by atoms with E-state index in [0.717, 1.165) is 24.9 Å². The maximum absolute atomic E-state index is 6.12. The third-order valence-electron chi connectivity index (χ3n) is 4.57. The van der Waals surface area contributed by atoms with Gasteiger partial charge in [0.15, 0.2) is 0 Å².